The van der Waals surface area contributed by atoms with Crippen LogP contribution in [-0.4, -0.2) is 0 Å². The molecule has 1 heterocycles. The van der Waals surface area contributed by atoms with Crippen molar-refractivity contribution in [2.75, 3.05) is 5.32 Å². The van der Waals surface area contributed by atoms with Crippen LogP contribution < -0.4 is 5.32 Å². The molecule has 0 amide bonds. The summed E-state index contributed by atoms with van der Waals surface area (Å²) in [7, 11) is 0. The van der Waals surface area contributed by atoms with Gasteiger partial charge in [0.05, 0.1) is 6.04 Å². The van der Waals surface area contributed by atoms with Crippen molar-refractivity contribution < 1.29 is 0 Å². The van der Waals surface area contributed by atoms with Gasteiger partial charge in [-0.1, -0.05) is 19.1 Å². The van der Waals surface area contributed by atoms with Crippen LogP contribution >= 0.6 is 33.9 Å². The molecule has 0 saturated carbocycles. The minimum atomic E-state index is 0.423. The molecule has 1 unspecified atom stereocenters. The predicted molar refractivity (Wildman–Crippen MR) is 84.9 cm³/mol. The summed E-state index contributed by atoms with van der Waals surface area (Å²) in [6.45, 7) is 4.39. The Balaban J connectivity index is 2.22. The maximum atomic E-state index is 3.65. The molecule has 17 heavy (non-hydrogen) atoms. The molecule has 0 saturated heterocycles. The van der Waals surface area contributed by atoms with Gasteiger partial charge in [-0.15, -0.1) is 11.3 Å². The molecule has 1 N–H and O–H groups in total. The van der Waals surface area contributed by atoms with Crippen LogP contribution in [0.3, 0.4) is 0 Å². The van der Waals surface area contributed by atoms with Crippen molar-refractivity contribution in [1.82, 2.24) is 0 Å². The van der Waals surface area contributed by atoms with Crippen LogP contribution in [0.4, 0.5) is 5.69 Å². The summed E-state index contributed by atoms with van der Waals surface area (Å²) in [5.41, 5.74) is 2.58. The molecule has 0 bridgehead atoms. The van der Waals surface area contributed by atoms with E-state index in [1.54, 1.807) is 0 Å². The molecule has 90 valence electrons. The monoisotopic (exact) mass is 357 g/mol. The average molecular weight is 357 g/mol. The second-order valence-electron chi connectivity index (χ2n) is 4.03. The van der Waals surface area contributed by atoms with E-state index in [0.717, 1.165) is 6.42 Å². The van der Waals surface area contributed by atoms with Gasteiger partial charge in [0.15, 0.2) is 0 Å². The number of thiophene rings is 1. The van der Waals surface area contributed by atoms with Crippen LogP contribution in [0.25, 0.3) is 0 Å². The summed E-state index contributed by atoms with van der Waals surface area (Å²) < 4.78 is 1.31. The normalized spacial score (nSPS) is 12.4. The van der Waals surface area contributed by atoms with Crippen LogP contribution in [0, 0.1) is 10.5 Å². The minimum absolute atomic E-state index is 0.423. The molecule has 0 radical (unpaired) electrons. The number of hydrogen-bond acceptors (Lipinski definition) is 2. The fraction of sp³-hybridized carbons (Fsp3) is 0.286. The third-order valence-electron chi connectivity index (χ3n) is 2.89. The Labute approximate surface area is 120 Å². The number of anilines is 1. The van der Waals surface area contributed by atoms with Gasteiger partial charge >= 0.3 is 0 Å². The van der Waals surface area contributed by atoms with Crippen molar-refractivity contribution >= 4 is 39.6 Å². The lowest BCUT2D eigenvalue weighted by molar-refractivity contribution is 0.763. The van der Waals surface area contributed by atoms with E-state index in [1.165, 1.54) is 19.7 Å². The van der Waals surface area contributed by atoms with E-state index < -0.39 is 0 Å². The lowest BCUT2D eigenvalue weighted by Crippen LogP contribution is -2.09. The molecule has 1 aromatic carbocycles. The van der Waals surface area contributed by atoms with E-state index in [4.69, 9.17) is 0 Å². The van der Waals surface area contributed by atoms with Gasteiger partial charge in [0.25, 0.3) is 0 Å². The van der Waals surface area contributed by atoms with Crippen molar-refractivity contribution in [2.45, 2.75) is 26.3 Å². The Hall–Kier alpha value is -0.550. The summed E-state index contributed by atoms with van der Waals surface area (Å²) in [5.74, 6) is 0. The number of rotatable bonds is 4. The smallest absolute Gasteiger partial charge is 0.0604 e. The van der Waals surface area contributed by atoms with Crippen LogP contribution in [-0.2, 0) is 0 Å². The molecule has 0 fully saturated rings. The third-order valence-corrected chi connectivity index (χ3v) is 5.05. The maximum Gasteiger partial charge on any atom is 0.0604 e. The van der Waals surface area contributed by atoms with Gasteiger partial charge in [0.1, 0.15) is 0 Å². The molecule has 1 atom stereocenters. The van der Waals surface area contributed by atoms with E-state index in [2.05, 4.69) is 77.5 Å². The predicted octanol–water partition coefficient (Wildman–Crippen LogP) is 5.22. The molecule has 0 aliphatic carbocycles. The van der Waals surface area contributed by atoms with Crippen molar-refractivity contribution in [3.63, 3.8) is 0 Å². The first-order chi connectivity index (χ1) is 8.22. The number of benzene rings is 1. The lowest BCUT2D eigenvalue weighted by Gasteiger charge is -2.19. The molecule has 1 nitrogen and oxygen atoms in total. The molecule has 2 aromatic rings. The number of hydrogen-bond donors (Lipinski definition) is 1. The first kappa shape index (κ1) is 12.9. The minimum Gasteiger partial charge on any atom is -0.377 e. The molecular weight excluding hydrogens is 341 g/mol. The SMILES string of the molecule is CCC(Nc1cccc(I)c1C)c1cccs1. The molecule has 0 aliphatic rings. The summed E-state index contributed by atoms with van der Waals surface area (Å²) >= 11 is 4.21. The fourth-order valence-corrected chi connectivity index (χ4v) is 3.17. The van der Waals surface area contributed by atoms with Gasteiger partial charge in [-0.05, 0) is 65.1 Å². The van der Waals surface area contributed by atoms with Crippen LogP contribution in [0.1, 0.15) is 29.8 Å². The van der Waals surface area contributed by atoms with Gasteiger partial charge in [0, 0.05) is 14.1 Å². The Morgan fingerprint density at radius 3 is 2.76 bits per heavy atom. The second-order valence-corrected chi connectivity index (χ2v) is 6.17. The van der Waals surface area contributed by atoms with E-state index in [-0.39, 0.29) is 0 Å². The van der Waals surface area contributed by atoms with Gasteiger partial charge in [0.2, 0.25) is 0 Å². The molecule has 2 rings (SSSR count). The fourth-order valence-electron chi connectivity index (χ4n) is 1.82. The third kappa shape index (κ3) is 3.01. The Morgan fingerprint density at radius 1 is 1.29 bits per heavy atom. The summed E-state index contributed by atoms with van der Waals surface area (Å²) in [5, 5.41) is 5.79. The highest BCUT2D eigenvalue weighted by molar-refractivity contribution is 14.1. The highest BCUT2D eigenvalue weighted by Crippen LogP contribution is 2.29. The molecule has 3 heteroatoms. The van der Waals surface area contributed by atoms with Gasteiger partial charge in [-0.3, -0.25) is 0 Å². The largest absolute Gasteiger partial charge is 0.377 e. The molecule has 0 spiro atoms. The van der Waals surface area contributed by atoms with Crippen molar-refractivity contribution in [3.05, 3.63) is 49.7 Å². The Morgan fingerprint density at radius 2 is 2.12 bits per heavy atom. The van der Waals surface area contributed by atoms with E-state index >= 15 is 0 Å². The summed E-state index contributed by atoms with van der Waals surface area (Å²) in [6, 6.07) is 11.2. The maximum absolute atomic E-state index is 3.65. The van der Waals surface area contributed by atoms with Crippen LogP contribution in [0.5, 0.6) is 0 Å². The highest BCUT2D eigenvalue weighted by Gasteiger charge is 2.11. The van der Waals surface area contributed by atoms with E-state index in [0.29, 0.717) is 6.04 Å². The van der Waals surface area contributed by atoms with Crippen LogP contribution in [0.15, 0.2) is 35.7 Å². The molecule has 0 aliphatic heterocycles. The van der Waals surface area contributed by atoms with Crippen molar-refractivity contribution in [1.29, 1.82) is 0 Å². The number of halogens is 1. The summed E-state index contributed by atoms with van der Waals surface area (Å²) in [4.78, 5) is 1.41. The standard InChI is InChI=1S/C14H16INS/c1-3-12(14-8-5-9-17-14)16-13-7-4-6-11(15)10(13)2/h4-9,12,16H,3H2,1-2H3. The Kier molecular flexibility index (Phi) is 4.45. The van der Waals surface area contributed by atoms with Gasteiger partial charge in [-0.2, -0.15) is 0 Å². The van der Waals surface area contributed by atoms with Gasteiger partial charge in [-0.25, -0.2) is 0 Å². The first-order valence-corrected chi connectivity index (χ1v) is 7.73. The van der Waals surface area contributed by atoms with Crippen molar-refractivity contribution in [3.8, 4) is 0 Å². The lowest BCUT2D eigenvalue weighted by atomic mass is 10.1. The zero-order valence-electron chi connectivity index (χ0n) is 10.0. The second kappa shape index (κ2) is 5.87. The topological polar surface area (TPSA) is 12.0 Å². The highest BCUT2D eigenvalue weighted by atomic mass is 127. The van der Waals surface area contributed by atoms with Gasteiger partial charge < -0.3 is 5.32 Å². The van der Waals surface area contributed by atoms with Crippen molar-refractivity contribution in [2.24, 2.45) is 0 Å². The quantitative estimate of drug-likeness (QED) is 0.740. The van der Waals surface area contributed by atoms with E-state index in [9.17, 15) is 0 Å². The number of nitrogens with one attached hydrogen (secondary N) is 1. The zero-order chi connectivity index (χ0) is 12.3. The average Bonchev–Trinajstić information content (AvgIpc) is 2.85. The molecule has 1 aromatic heterocycles. The zero-order valence-corrected chi connectivity index (χ0v) is 13.0. The van der Waals surface area contributed by atoms with E-state index in [1.807, 2.05) is 11.3 Å². The first-order valence-electron chi connectivity index (χ1n) is 5.77. The van der Waals surface area contributed by atoms with Crippen LogP contribution in [0.2, 0.25) is 0 Å². The Bertz CT molecular complexity index is 479. The molecular formula is C14H16INS. The summed E-state index contributed by atoms with van der Waals surface area (Å²) in [6.07, 6.45) is 1.10.